The number of amides is 2. The van der Waals surface area contributed by atoms with Crippen LogP contribution in [0.15, 0.2) is 97.1 Å². The molecule has 0 aromatic heterocycles. The second kappa shape index (κ2) is 14.0. The van der Waals surface area contributed by atoms with Crippen LogP contribution >= 0.6 is 0 Å². The van der Waals surface area contributed by atoms with E-state index in [0.29, 0.717) is 24.5 Å². The number of hydrogen-bond acceptors (Lipinski definition) is 4. The number of hydrogen-bond donors (Lipinski definition) is 1. The predicted octanol–water partition coefficient (Wildman–Crippen LogP) is 5.78. The van der Waals surface area contributed by atoms with Gasteiger partial charge in [0, 0.05) is 24.9 Å². The Morgan fingerprint density at radius 1 is 0.872 bits per heavy atom. The highest BCUT2D eigenvalue weighted by molar-refractivity contribution is 5.90. The number of ether oxygens (including phenoxy) is 2. The number of carbonyl (C=O) groups excluding carboxylic acids is 2. The van der Waals surface area contributed by atoms with Crippen molar-refractivity contribution in [3.05, 3.63) is 108 Å². The Hall–Kier alpha value is -4.32. The lowest BCUT2D eigenvalue weighted by Gasteiger charge is -2.31. The van der Waals surface area contributed by atoms with Gasteiger partial charge in [-0.1, -0.05) is 92.2 Å². The van der Waals surface area contributed by atoms with Crippen LogP contribution in [0.25, 0.3) is 10.8 Å². The van der Waals surface area contributed by atoms with Crippen LogP contribution in [0.5, 0.6) is 11.5 Å². The van der Waals surface area contributed by atoms with Crippen molar-refractivity contribution >= 4 is 22.6 Å². The molecule has 0 aliphatic heterocycles. The summed E-state index contributed by atoms with van der Waals surface area (Å²) in [6, 6.07) is 30.3. The molecule has 1 unspecified atom stereocenters. The number of benzene rings is 4. The van der Waals surface area contributed by atoms with Gasteiger partial charge in [-0.3, -0.25) is 9.59 Å². The van der Waals surface area contributed by atoms with Crippen LogP contribution in [0.4, 0.5) is 0 Å². The average Bonchev–Trinajstić information content (AvgIpc) is 2.98. The van der Waals surface area contributed by atoms with Crippen LogP contribution in [0.3, 0.4) is 0 Å². The van der Waals surface area contributed by atoms with E-state index in [-0.39, 0.29) is 25.0 Å². The normalized spacial score (nSPS) is 11.5. The monoisotopic (exact) mass is 524 g/mol. The smallest absolute Gasteiger partial charge is 0.261 e. The molecule has 0 fully saturated rings. The zero-order chi connectivity index (χ0) is 27.5. The summed E-state index contributed by atoms with van der Waals surface area (Å²) in [4.78, 5) is 29.1. The number of fused-ring (bicyclic) bond motifs is 1. The Balaban J connectivity index is 1.64. The lowest BCUT2D eigenvalue weighted by molar-refractivity contribution is -0.142. The van der Waals surface area contributed by atoms with Crippen LogP contribution in [0.2, 0.25) is 0 Å². The first-order chi connectivity index (χ1) is 19.1. The SMILES string of the molecule is CCCCNC(=O)C(Cc1ccccc1)N(Cc1cccc(OC)c1)C(=O)COc1cccc2ccccc12. The van der Waals surface area contributed by atoms with Gasteiger partial charge in [-0.25, -0.2) is 0 Å². The predicted molar refractivity (Wildman–Crippen MR) is 155 cm³/mol. The Morgan fingerprint density at radius 2 is 1.59 bits per heavy atom. The summed E-state index contributed by atoms with van der Waals surface area (Å²) in [5, 5.41) is 5.02. The van der Waals surface area contributed by atoms with E-state index in [1.165, 1.54) is 0 Å². The van der Waals surface area contributed by atoms with Crippen LogP contribution in [-0.2, 0) is 22.6 Å². The van der Waals surface area contributed by atoms with Crippen molar-refractivity contribution in [1.82, 2.24) is 10.2 Å². The molecule has 0 spiro atoms. The van der Waals surface area contributed by atoms with Crippen LogP contribution in [0.1, 0.15) is 30.9 Å². The van der Waals surface area contributed by atoms with Gasteiger partial charge in [0.15, 0.2) is 6.61 Å². The second-order valence-electron chi connectivity index (χ2n) is 9.49. The quantitative estimate of drug-likeness (QED) is 0.225. The molecule has 202 valence electrons. The summed E-state index contributed by atoms with van der Waals surface area (Å²) < 4.78 is 11.5. The molecule has 0 saturated carbocycles. The Bertz CT molecular complexity index is 1370. The van der Waals surface area contributed by atoms with Gasteiger partial charge in [0.25, 0.3) is 5.91 Å². The van der Waals surface area contributed by atoms with E-state index in [1.807, 2.05) is 97.1 Å². The Morgan fingerprint density at radius 3 is 2.38 bits per heavy atom. The first-order valence-corrected chi connectivity index (χ1v) is 13.4. The highest BCUT2D eigenvalue weighted by atomic mass is 16.5. The number of unbranched alkanes of at least 4 members (excludes halogenated alkanes) is 1. The molecule has 0 aliphatic carbocycles. The highest BCUT2D eigenvalue weighted by Crippen LogP contribution is 2.25. The Labute approximate surface area is 230 Å². The summed E-state index contributed by atoms with van der Waals surface area (Å²) in [6.45, 7) is 2.70. The molecule has 6 heteroatoms. The van der Waals surface area contributed by atoms with Gasteiger partial charge in [-0.2, -0.15) is 0 Å². The van der Waals surface area contributed by atoms with Crippen LogP contribution < -0.4 is 14.8 Å². The van der Waals surface area contributed by atoms with Gasteiger partial charge >= 0.3 is 0 Å². The van der Waals surface area contributed by atoms with Crippen molar-refractivity contribution < 1.29 is 19.1 Å². The first kappa shape index (κ1) is 27.7. The third kappa shape index (κ3) is 7.60. The fourth-order valence-corrected chi connectivity index (χ4v) is 4.57. The number of nitrogens with zero attached hydrogens (tertiary/aromatic N) is 1. The minimum Gasteiger partial charge on any atom is -0.497 e. The molecule has 4 rings (SSSR count). The van der Waals surface area contributed by atoms with Crippen molar-refractivity contribution in [2.75, 3.05) is 20.3 Å². The number of rotatable bonds is 13. The lowest BCUT2D eigenvalue weighted by Crippen LogP contribution is -2.51. The fourth-order valence-electron chi connectivity index (χ4n) is 4.57. The molecule has 4 aromatic rings. The van der Waals surface area contributed by atoms with E-state index in [4.69, 9.17) is 9.47 Å². The van der Waals surface area contributed by atoms with Crippen molar-refractivity contribution in [1.29, 1.82) is 0 Å². The molecule has 6 nitrogen and oxygen atoms in total. The molecule has 1 N–H and O–H groups in total. The maximum Gasteiger partial charge on any atom is 0.261 e. The van der Waals surface area contributed by atoms with E-state index >= 15 is 0 Å². The third-order valence-electron chi connectivity index (χ3n) is 6.69. The van der Waals surface area contributed by atoms with Gasteiger partial charge in [0.1, 0.15) is 17.5 Å². The summed E-state index contributed by atoms with van der Waals surface area (Å²) in [7, 11) is 1.61. The molecule has 39 heavy (non-hydrogen) atoms. The minimum absolute atomic E-state index is 0.172. The van der Waals surface area contributed by atoms with Crippen molar-refractivity contribution in [2.24, 2.45) is 0 Å². The standard InChI is InChI=1S/C33H36N2O4/c1-3-4-20-34-33(37)30(22-25-12-6-5-7-13-25)35(23-26-14-10-17-28(21-26)38-2)32(36)24-39-31-19-11-16-27-15-8-9-18-29(27)31/h5-19,21,30H,3-4,20,22-24H2,1-2H3,(H,34,37). The van der Waals surface area contributed by atoms with Crippen molar-refractivity contribution in [2.45, 2.75) is 38.8 Å². The topological polar surface area (TPSA) is 67.9 Å². The van der Waals surface area contributed by atoms with E-state index < -0.39 is 6.04 Å². The third-order valence-corrected chi connectivity index (χ3v) is 6.69. The van der Waals surface area contributed by atoms with Gasteiger partial charge in [-0.05, 0) is 41.1 Å². The Kier molecular flexibility index (Phi) is 9.95. The van der Waals surface area contributed by atoms with Crippen LogP contribution in [-0.4, -0.2) is 43.0 Å². The summed E-state index contributed by atoms with van der Waals surface area (Å²) in [6.07, 6.45) is 2.23. The molecule has 0 bridgehead atoms. The van der Waals surface area contributed by atoms with E-state index in [9.17, 15) is 9.59 Å². The maximum atomic E-state index is 13.9. The highest BCUT2D eigenvalue weighted by Gasteiger charge is 2.30. The maximum absolute atomic E-state index is 13.9. The molecule has 1 atom stereocenters. The van der Waals surface area contributed by atoms with Crippen LogP contribution in [0, 0.1) is 0 Å². The summed E-state index contributed by atoms with van der Waals surface area (Å²) >= 11 is 0. The van der Waals surface area contributed by atoms with Crippen molar-refractivity contribution in [3.8, 4) is 11.5 Å². The van der Waals surface area contributed by atoms with Gasteiger partial charge in [-0.15, -0.1) is 0 Å². The van der Waals surface area contributed by atoms with E-state index in [1.54, 1.807) is 12.0 Å². The number of methoxy groups -OCH3 is 1. The number of nitrogens with one attached hydrogen (secondary N) is 1. The zero-order valence-corrected chi connectivity index (χ0v) is 22.6. The lowest BCUT2D eigenvalue weighted by atomic mass is 10.0. The van der Waals surface area contributed by atoms with Gasteiger partial charge < -0.3 is 19.7 Å². The molecule has 0 heterocycles. The van der Waals surface area contributed by atoms with E-state index in [0.717, 1.165) is 34.7 Å². The number of carbonyl (C=O) groups is 2. The molecular weight excluding hydrogens is 488 g/mol. The van der Waals surface area contributed by atoms with Gasteiger partial charge in [0.2, 0.25) is 5.91 Å². The second-order valence-corrected chi connectivity index (χ2v) is 9.49. The summed E-state index contributed by atoms with van der Waals surface area (Å²) in [5.41, 5.74) is 1.85. The van der Waals surface area contributed by atoms with Gasteiger partial charge in [0.05, 0.1) is 7.11 Å². The first-order valence-electron chi connectivity index (χ1n) is 13.4. The largest absolute Gasteiger partial charge is 0.497 e. The fraction of sp³-hybridized carbons (Fsp3) is 0.273. The molecule has 4 aromatic carbocycles. The molecule has 0 aliphatic rings. The average molecular weight is 525 g/mol. The van der Waals surface area contributed by atoms with E-state index in [2.05, 4.69) is 12.2 Å². The molecular formula is C33H36N2O4. The zero-order valence-electron chi connectivity index (χ0n) is 22.6. The minimum atomic E-state index is -0.709. The molecule has 0 saturated heterocycles. The summed E-state index contributed by atoms with van der Waals surface area (Å²) in [5.74, 6) is 0.889. The molecule has 0 radical (unpaired) electrons. The molecule has 2 amide bonds. The van der Waals surface area contributed by atoms with Crippen molar-refractivity contribution in [3.63, 3.8) is 0 Å².